The van der Waals surface area contributed by atoms with Crippen LogP contribution in [0.25, 0.3) is 21.9 Å². The fourth-order valence-electron chi connectivity index (χ4n) is 2.49. The fourth-order valence-corrected chi connectivity index (χ4v) is 2.89. The van der Waals surface area contributed by atoms with Gasteiger partial charge in [0.15, 0.2) is 11.6 Å². The molecule has 0 heterocycles. The van der Waals surface area contributed by atoms with E-state index in [4.69, 9.17) is 9.79 Å². The highest BCUT2D eigenvalue weighted by atomic mass is 31.2. The van der Waals surface area contributed by atoms with Crippen molar-refractivity contribution in [1.29, 1.82) is 5.26 Å². The number of halogens is 1. The summed E-state index contributed by atoms with van der Waals surface area (Å²) in [5, 5.41) is 20.1. The Kier molecular flexibility index (Phi) is 4.19. The van der Waals surface area contributed by atoms with E-state index < -0.39 is 19.4 Å². The Bertz CT molecular complexity index is 1070. The lowest BCUT2D eigenvalue weighted by atomic mass is 9.97. The Balaban J connectivity index is 2.11. The number of phenolic OH excluding ortho intramolecular Hbond substituents is 1. The molecule has 6 nitrogen and oxygen atoms in total. The van der Waals surface area contributed by atoms with Gasteiger partial charge in [0.2, 0.25) is 0 Å². The number of aromatic hydroxyl groups is 1. The van der Waals surface area contributed by atoms with Crippen molar-refractivity contribution in [3.8, 4) is 28.7 Å². The summed E-state index contributed by atoms with van der Waals surface area (Å²) in [6.07, 6.45) is 0. The molecule has 0 saturated heterocycles. The van der Waals surface area contributed by atoms with E-state index in [1.165, 1.54) is 18.2 Å². The first-order valence-corrected chi connectivity index (χ1v) is 8.52. The van der Waals surface area contributed by atoms with Gasteiger partial charge in [0, 0.05) is 5.39 Å². The van der Waals surface area contributed by atoms with E-state index in [2.05, 4.69) is 4.52 Å². The molecule has 0 saturated carbocycles. The van der Waals surface area contributed by atoms with Gasteiger partial charge in [0.05, 0.1) is 11.6 Å². The number of phosphoric acid groups is 1. The average Bonchev–Trinajstić information content (AvgIpc) is 2.54. The quantitative estimate of drug-likeness (QED) is 0.615. The summed E-state index contributed by atoms with van der Waals surface area (Å²) >= 11 is 0. The zero-order valence-corrected chi connectivity index (χ0v) is 13.4. The lowest BCUT2D eigenvalue weighted by molar-refractivity contribution is 0.278. The van der Waals surface area contributed by atoms with Gasteiger partial charge in [0.25, 0.3) is 0 Å². The molecule has 0 amide bonds. The lowest BCUT2D eigenvalue weighted by Gasteiger charge is -2.10. The number of phosphoric ester groups is 1. The largest absolute Gasteiger partial charge is 0.524 e. The van der Waals surface area contributed by atoms with Crippen LogP contribution in [0.4, 0.5) is 4.39 Å². The van der Waals surface area contributed by atoms with Crippen LogP contribution in [0.3, 0.4) is 0 Å². The normalized spacial score (nSPS) is 11.3. The minimum atomic E-state index is -4.86. The molecule has 25 heavy (non-hydrogen) atoms. The summed E-state index contributed by atoms with van der Waals surface area (Å²) < 4.78 is 29.1. The van der Waals surface area contributed by atoms with Crippen molar-refractivity contribution in [2.75, 3.05) is 0 Å². The van der Waals surface area contributed by atoms with Crippen molar-refractivity contribution < 1.29 is 28.4 Å². The van der Waals surface area contributed by atoms with Crippen LogP contribution in [0, 0.1) is 17.1 Å². The van der Waals surface area contributed by atoms with Crippen molar-refractivity contribution in [2.24, 2.45) is 0 Å². The summed E-state index contributed by atoms with van der Waals surface area (Å²) in [4.78, 5) is 17.5. The van der Waals surface area contributed by atoms with Crippen LogP contribution in [0.15, 0.2) is 48.5 Å². The SMILES string of the molecule is N#Cc1cc(-c2ccc(OP(=O)(O)O)c(F)c2)cc2ccc(O)cc12. The van der Waals surface area contributed by atoms with E-state index in [-0.39, 0.29) is 5.75 Å². The highest BCUT2D eigenvalue weighted by Gasteiger charge is 2.19. The van der Waals surface area contributed by atoms with Crippen LogP contribution >= 0.6 is 7.82 Å². The molecule has 0 fully saturated rings. The van der Waals surface area contributed by atoms with Gasteiger partial charge in [-0.25, -0.2) is 8.96 Å². The molecule has 0 aromatic heterocycles. The highest BCUT2D eigenvalue weighted by molar-refractivity contribution is 7.46. The number of phenols is 1. The van der Waals surface area contributed by atoms with Crippen molar-refractivity contribution in [3.05, 3.63) is 59.9 Å². The first-order valence-electron chi connectivity index (χ1n) is 6.99. The monoisotopic (exact) mass is 359 g/mol. The maximum atomic E-state index is 14.0. The molecule has 0 unspecified atom stereocenters. The number of nitriles is 1. The number of hydrogen-bond acceptors (Lipinski definition) is 4. The third-order valence-corrected chi connectivity index (χ3v) is 3.98. The molecule has 3 N–H and O–H groups in total. The topological polar surface area (TPSA) is 111 Å². The summed E-state index contributed by atoms with van der Waals surface area (Å²) in [5.74, 6) is -1.48. The number of benzene rings is 3. The molecule has 3 rings (SSSR count). The third kappa shape index (κ3) is 3.62. The molecule has 3 aromatic rings. The van der Waals surface area contributed by atoms with Crippen LogP contribution in [-0.2, 0) is 4.57 Å². The zero-order valence-electron chi connectivity index (χ0n) is 12.5. The maximum absolute atomic E-state index is 14.0. The molecule has 0 aliphatic heterocycles. The summed E-state index contributed by atoms with van der Waals surface area (Å²) in [6.45, 7) is 0. The molecule has 126 valence electrons. The van der Waals surface area contributed by atoms with E-state index >= 15 is 0 Å². The second kappa shape index (κ2) is 6.19. The van der Waals surface area contributed by atoms with E-state index in [1.807, 2.05) is 6.07 Å². The van der Waals surface area contributed by atoms with Gasteiger partial charge < -0.3 is 9.63 Å². The molecule has 0 aliphatic carbocycles. The zero-order chi connectivity index (χ0) is 18.2. The maximum Gasteiger partial charge on any atom is 0.524 e. The van der Waals surface area contributed by atoms with Crippen LogP contribution < -0.4 is 4.52 Å². The standard InChI is InChI=1S/C17H11FNO5P/c18-16-7-10(2-4-17(16)24-25(21,22)23)12-5-11-1-3-14(20)8-15(11)13(6-12)9-19/h1-8,20H,(H2,21,22,23). The van der Waals surface area contributed by atoms with E-state index in [0.717, 1.165) is 12.1 Å². The van der Waals surface area contributed by atoms with Crippen molar-refractivity contribution in [1.82, 2.24) is 0 Å². The van der Waals surface area contributed by atoms with Crippen molar-refractivity contribution in [2.45, 2.75) is 0 Å². The van der Waals surface area contributed by atoms with E-state index in [9.17, 15) is 19.3 Å². The summed E-state index contributed by atoms with van der Waals surface area (Å²) in [6, 6.07) is 13.5. The highest BCUT2D eigenvalue weighted by Crippen LogP contribution is 2.40. The van der Waals surface area contributed by atoms with Gasteiger partial charge in [-0.05, 0) is 52.9 Å². The molecule has 0 bridgehead atoms. The first kappa shape index (κ1) is 16.9. The van der Waals surface area contributed by atoms with Crippen molar-refractivity contribution >= 4 is 18.6 Å². The fraction of sp³-hybridized carbons (Fsp3) is 0. The molecule has 3 aromatic carbocycles. The number of nitrogens with zero attached hydrogens (tertiary/aromatic N) is 1. The van der Waals surface area contributed by atoms with E-state index in [1.54, 1.807) is 18.2 Å². The Morgan fingerprint density at radius 1 is 1.04 bits per heavy atom. The van der Waals surface area contributed by atoms with Crippen LogP contribution in [-0.4, -0.2) is 14.9 Å². The van der Waals surface area contributed by atoms with Gasteiger partial charge in [-0.15, -0.1) is 0 Å². The van der Waals surface area contributed by atoms with Crippen LogP contribution in [0.2, 0.25) is 0 Å². The molecular weight excluding hydrogens is 348 g/mol. The summed E-state index contributed by atoms with van der Waals surface area (Å²) in [5.41, 5.74) is 1.25. The Hall–Kier alpha value is -2.91. The molecule has 0 radical (unpaired) electrons. The van der Waals surface area contributed by atoms with Gasteiger partial charge in [-0.3, -0.25) is 9.79 Å². The van der Waals surface area contributed by atoms with Gasteiger partial charge in [0.1, 0.15) is 5.75 Å². The Labute approximate surface area is 141 Å². The molecule has 0 aliphatic rings. The van der Waals surface area contributed by atoms with Crippen molar-refractivity contribution in [3.63, 3.8) is 0 Å². The molecule has 8 heteroatoms. The van der Waals surface area contributed by atoms with Gasteiger partial charge in [-0.2, -0.15) is 5.26 Å². The Morgan fingerprint density at radius 2 is 1.80 bits per heavy atom. The number of hydrogen-bond donors (Lipinski definition) is 3. The van der Waals surface area contributed by atoms with Gasteiger partial charge >= 0.3 is 7.82 Å². The number of rotatable bonds is 3. The van der Waals surface area contributed by atoms with Gasteiger partial charge in [-0.1, -0.05) is 12.1 Å². The smallest absolute Gasteiger partial charge is 0.508 e. The predicted octanol–water partition coefficient (Wildman–Crippen LogP) is 3.69. The third-order valence-electron chi connectivity index (χ3n) is 3.54. The second-order valence-electron chi connectivity index (χ2n) is 5.27. The van der Waals surface area contributed by atoms with Crippen LogP contribution in [0.5, 0.6) is 11.5 Å². The summed E-state index contributed by atoms with van der Waals surface area (Å²) in [7, 11) is -4.86. The predicted molar refractivity (Wildman–Crippen MR) is 88.4 cm³/mol. The molecule has 0 spiro atoms. The Morgan fingerprint density at radius 3 is 2.44 bits per heavy atom. The number of fused-ring (bicyclic) bond motifs is 1. The first-order chi connectivity index (χ1) is 11.8. The van der Waals surface area contributed by atoms with Crippen LogP contribution in [0.1, 0.15) is 5.56 Å². The van der Waals surface area contributed by atoms with E-state index in [0.29, 0.717) is 27.5 Å². The minimum absolute atomic E-state index is 0.0294. The minimum Gasteiger partial charge on any atom is -0.508 e. The lowest BCUT2D eigenvalue weighted by Crippen LogP contribution is -1.93. The average molecular weight is 359 g/mol. The molecule has 0 atom stereocenters. The second-order valence-corrected chi connectivity index (χ2v) is 6.43. The molecular formula is C17H11FNO5P.